The number of anilines is 1. The molecule has 1 heterocycles. The Bertz CT molecular complexity index is 480. The van der Waals surface area contributed by atoms with Crippen LogP contribution in [0.1, 0.15) is 5.56 Å². The maximum absolute atomic E-state index is 13.4. The molecule has 0 aliphatic heterocycles. The van der Waals surface area contributed by atoms with Gasteiger partial charge in [-0.15, -0.1) is 11.3 Å². The molecule has 0 bridgehead atoms. The molecule has 1 N–H and O–H groups in total. The zero-order valence-corrected chi connectivity index (χ0v) is 11.3. The Morgan fingerprint density at radius 1 is 1.44 bits per heavy atom. The van der Waals surface area contributed by atoms with E-state index in [1.54, 1.807) is 23.5 Å². The number of halogens is 3. The molecule has 0 aliphatic carbocycles. The molecule has 0 unspecified atom stereocenters. The summed E-state index contributed by atoms with van der Waals surface area (Å²) in [4.78, 5) is 0. The number of benzene rings is 1. The average molecular weight is 321 g/mol. The highest BCUT2D eigenvalue weighted by atomic mass is 79.9. The molecule has 0 saturated carbocycles. The first kappa shape index (κ1) is 11.9. The van der Waals surface area contributed by atoms with Crippen LogP contribution in [0.4, 0.5) is 10.1 Å². The number of hydrogen-bond donors (Lipinski definition) is 1. The summed E-state index contributed by atoms with van der Waals surface area (Å²) in [6, 6.07) is 6.63. The van der Waals surface area contributed by atoms with E-state index in [9.17, 15) is 4.39 Å². The zero-order valence-electron chi connectivity index (χ0n) is 8.14. The topological polar surface area (TPSA) is 12.0 Å². The lowest BCUT2D eigenvalue weighted by Crippen LogP contribution is -2.00. The van der Waals surface area contributed by atoms with Crippen molar-refractivity contribution in [1.82, 2.24) is 0 Å². The van der Waals surface area contributed by atoms with Crippen molar-refractivity contribution in [3.8, 4) is 0 Å². The summed E-state index contributed by atoms with van der Waals surface area (Å²) in [6.07, 6.45) is 0. The van der Waals surface area contributed by atoms with Crippen LogP contribution in [0.25, 0.3) is 0 Å². The van der Waals surface area contributed by atoms with E-state index in [1.165, 1.54) is 6.07 Å². The fourth-order valence-corrected chi connectivity index (χ4v) is 2.73. The highest BCUT2D eigenvalue weighted by Crippen LogP contribution is 2.26. The summed E-state index contributed by atoms with van der Waals surface area (Å²) in [5.74, 6) is -0.332. The lowest BCUT2D eigenvalue weighted by atomic mass is 10.3. The Kier molecular flexibility index (Phi) is 3.84. The molecule has 0 saturated heterocycles. The van der Waals surface area contributed by atoms with Crippen molar-refractivity contribution in [2.45, 2.75) is 6.54 Å². The molecule has 5 heteroatoms. The molecule has 1 aromatic carbocycles. The molecule has 1 aromatic heterocycles. The van der Waals surface area contributed by atoms with Gasteiger partial charge in [-0.25, -0.2) is 4.39 Å². The third kappa shape index (κ3) is 2.75. The number of para-hydroxylation sites is 1. The highest BCUT2D eigenvalue weighted by Gasteiger charge is 2.06. The minimum Gasteiger partial charge on any atom is -0.377 e. The van der Waals surface area contributed by atoms with Crippen LogP contribution in [0.15, 0.2) is 33.4 Å². The monoisotopic (exact) mass is 319 g/mol. The number of thiophene rings is 1. The van der Waals surface area contributed by atoms with Gasteiger partial charge in [0.1, 0.15) is 5.82 Å². The van der Waals surface area contributed by atoms with E-state index in [0.29, 0.717) is 17.3 Å². The first-order chi connectivity index (χ1) is 7.66. The summed E-state index contributed by atoms with van der Waals surface area (Å²) in [6.45, 7) is 0.558. The van der Waals surface area contributed by atoms with Crippen molar-refractivity contribution < 1.29 is 4.39 Å². The quantitative estimate of drug-likeness (QED) is 0.847. The molecular weight excluding hydrogens is 313 g/mol. The molecule has 0 atom stereocenters. The zero-order chi connectivity index (χ0) is 11.5. The molecule has 0 radical (unpaired) electrons. The van der Waals surface area contributed by atoms with E-state index in [4.69, 9.17) is 11.6 Å². The Hall–Kier alpha value is -0.580. The van der Waals surface area contributed by atoms with Crippen LogP contribution in [0, 0.1) is 5.82 Å². The number of nitrogens with one attached hydrogen (secondary N) is 1. The van der Waals surface area contributed by atoms with Gasteiger partial charge in [-0.2, -0.15) is 0 Å². The predicted molar refractivity (Wildman–Crippen MR) is 70.8 cm³/mol. The first-order valence-electron chi connectivity index (χ1n) is 4.57. The summed E-state index contributed by atoms with van der Waals surface area (Å²) in [5, 5.41) is 5.39. The van der Waals surface area contributed by atoms with E-state index in [-0.39, 0.29) is 5.82 Å². The van der Waals surface area contributed by atoms with Crippen molar-refractivity contribution in [1.29, 1.82) is 0 Å². The van der Waals surface area contributed by atoms with Gasteiger partial charge in [0.2, 0.25) is 0 Å². The average Bonchev–Trinajstić information content (AvgIpc) is 2.63. The lowest BCUT2D eigenvalue weighted by Gasteiger charge is -2.07. The van der Waals surface area contributed by atoms with Gasteiger partial charge in [0, 0.05) is 6.54 Å². The van der Waals surface area contributed by atoms with Crippen LogP contribution in [0.5, 0.6) is 0 Å². The molecule has 16 heavy (non-hydrogen) atoms. The Balaban J connectivity index is 2.10. The smallest absolute Gasteiger partial charge is 0.147 e. The van der Waals surface area contributed by atoms with Gasteiger partial charge >= 0.3 is 0 Å². The van der Waals surface area contributed by atoms with E-state index in [2.05, 4.69) is 21.2 Å². The molecule has 1 nitrogen and oxygen atoms in total. The van der Waals surface area contributed by atoms with Gasteiger partial charge in [0.15, 0.2) is 0 Å². The standard InChI is InChI=1S/C11H8BrClFNS/c12-10-4-7(6-16-10)5-15-11-8(13)2-1-3-9(11)14/h1-4,6,15H,5H2. The summed E-state index contributed by atoms with van der Waals surface area (Å²) in [7, 11) is 0. The second-order valence-electron chi connectivity index (χ2n) is 3.21. The second-order valence-corrected chi connectivity index (χ2v) is 5.91. The molecule has 0 spiro atoms. The van der Waals surface area contributed by atoms with Crippen LogP contribution in [0.3, 0.4) is 0 Å². The van der Waals surface area contributed by atoms with E-state index in [1.807, 2.05) is 11.4 Å². The second kappa shape index (κ2) is 5.17. The van der Waals surface area contributed by atoms with Crippen LogP contribution in [-0.2, 0) is 6.54 Å². The van der Waals surface area contributed by atoms with Gasteiger partial charge in [-0.1, -0.05) is 17.7 Å². The minimum absolute atomic E-state index is 0.332. The molecule has 2 aromatic rings. The fourth-order valence-electron chi connectivity index (χ4n) is 1.30. The van der Waals surface area contributed by atoms with Crippen molar-refractivity contribution in [3.05, 3.63) is 49.8 Å². The van der Waals surface area contributed by atoms with E-state index < -0.39 is 0 Å². The van der Waals surface area contributed by atoms with Crippen molar-refractivity contribution in [2.24, 2.45) is 0 Å². The normalized spacial score (nSPS) is 10.4. The fraction of sp³-hybridized carbons (Fsp3) is 0.0909. The van der Waals surface area contributed by atoms with E-state index >= 15 is 0 Å². The van der Waals surface area contributed by atoms with Crippen LogP contribution in [-0.4, -0.2) is 0 Å². The van der Waals surface area contributed by atoms with Crippen LogP contribution in [0.2, 0.25) is 5.02 Å². The SMILES string of the molecule is Fc1cccc(Cl)c1NCc1csc(Br)c1. The molecule has 2 rings (SSSR count). The number of hydrogen-bond acceptors (Lipinski definition) is 2. The molecule has 84 valence electrons. The Morgan fingerprint density at radius 3 is 2.88 bits per heavy atom. The van der Waals surface area contributed by atoms with Crippen molar-refractivity contribution >= 4 is 44.6 Å². The summed E-state index contributed by atoms with van der Waals surface area (Å²) < 4.78 is 14.5. The maximum Gasteiger partial charge on any atom is 0.147 e. The third-order valence-corrected chi connectivity index (χ3v) is 3.92. The minimum atomic E-state index is -0.332. The largest absolute Gasteiger partial charge is 0.377 e. The van der Waals surface area contributed by atoms with Crippen molar-refractivity contribution in [3.63, 3.8) is 0 Å². The molecule has 0 aliphatic rings. The van der Waals surface area contributed by atoms with Crippen LogP contribution >= 0.6 is 38.9 Å². The Labute approximate surface area is 110 Å². The van der Waals surface area contributed by atoms with Gasteiger partial charge in [0.05, 0.1) is 14.5 Å². The van der Waals surface area contributed by atoms with Crippen molar-refractivity contribution in [2.75, 3.05) is 5.32 Å². The predicted octanol–water partition coefficient (Wildman–Crippen LogP) is 4.92. The Morgan fingerprint density at radius 2 is 2.25 bits per heavy atom. The van der Waals surface area contributed by atoms with Crippen LogP contribution < -0.4 is 5.32 Å². The molecule has 0 fully saturated rings. The first-order valence-corrected chi connectivity index (χ1v) is 6.62. The van der Waals surface area contributed by atoms with Gasteiger partial charge in [-0.3, -0.25) is 0 Å². The van der Waals surface area contributed by atoms with Gasteiger partial charge in [-0.05, 0) is 45.1 Å². The lowest BCUT2D eigenvalue weighted by molar-refractivity contribution is 0.630. The highest BCUT2D eigenvalue weighted by molar-refractivity contribution is 9.11. The molecule has 0 amide bonds. The number of rotatable bonds is 3. The maximum atomic E-state index is 13.4. The summed E-state index contributed by atoms with van der Waals surface area (Å²) >= 11 is 10.9. The summed E-state index contributed by atoms with van der Waals surface area (Å²) in [5.41, 5.74) is 1.45. The third-order valence-electron chi connectivity index (χ3n) is 2.05. The van der Waals surface area contributed by atoms with Gasteiger partial charge in [0.25, 0.3) is 0 Å². The van der Waals surface area contributed by atoms with E-state index in [0.717, 1.165) is 9.35 Å². The van der Waals surface area contributed by atoms with Gasteiger partial charge < -0.3 is 5.32 Å². The molecular formula is C11H8BrClFNS.